The second kappa shape index (κ2) is 3.75. The van der Waals surface area contributed by atoms with Crippen molar-refractivity contribution in [1.82, 2.24) is 5.32 Å². The minimum absolute atomic E-state index is 0.126. The van der Waals surface area contributed by atoms with Crippen molar-refractivity contribution in [3.05, 3.63) is 23.7 Å². The minimum Gasteiger partial charge on any atom is -0.465 e. The molecule has 1 atom stereocenters. The summed E-state index contributed by atoms with van der Waals surface area (Å²) in [4.78, 5) is 0. The van der Waals surface area contributed by atoms with E-state index in [4.69, 9.17) is 9.15 Å². The number of aryl methyl sites for hydroxylation is 1. The molecule has 0 aliphatic carbocycles. The summed E-state index contributed by atoms with van der Waals surface area (Å²) in [7, 11) is 0. The van der Waals surface area contributed by atoms with Gasteiger partial charge in [-0.15, -0.1) is 0 Å². The maximum absolute atomic E-state index is 5.48. The van der Waals surface area contributed by atoms with Gasteiger partial charge in [-0.3, -0.25) is 0 Å². The molecule has 3 nitrogen and oxygen atoms in total. The molecule has 0 saturated carbocycles. The lowest BCUT2D eigenvalue weighted by Gasteiger charge is -2.22. The topological polar surface area (TPSA) is 34.4 Å². The molecule has 0 aromatic carbocycles. The summed E-state index contributed by atoms with van der Waals surface area (Å²) in [5.41, 5.74) is 0.126. The lowest BCUT2D eigenvalue weighted by atomic mass is 10.0. The first-order valence-electron chi connectivity index (χ1n) is 5.06. The SMILES string of the molecule is Cc1ccc(CNC2(C)CCOC2)o1. The van der Waals surface area contributed by atoms with Gasteiger partial charge in [0, 0.05) is 12.1 Å². The Morgan fingerprint density at radius 2 is 2.36 bits per heavy atom. The van der Waals surface area contributed by atoms with Crippen molar-refractivity contribution in [3.8, 4) is 0 Å². The minimum atomic E-state index is 0.126. The molecule has 1 fully saturated rings. The Hall–Kier alpha value is -0.800. The van der Waals surface area contributed by atoms with Crippen molar-refractivity contribution in [3.63, 3.8) is 0 Å². The van der Waals surface area contributed by atoms with E-state index < -0.39 is 0 Å². The monoisotopic (exact) mass is 195 g/mol. The van der Waals surface area contributed by atoms with E-state index in [0.29, 0.717) is 0 Å². The highest BCUT2D eigenvalue weighted by atomic mass is 16.5. The molecule has 1 aromatic rings. The van der Waals surface area contributed by atoms with E-state index in [0.717, 1.165) is 37.7 Å². The van der Waals surface area contributed by atoms with Gasteiger partial charge < -0.3 is 14.5 Å². The van der Waals surface area contributed by atoms with Crippen LogP contribution in [0.4, 0.5) is 0 Å². The van der Waals surface area contributed by atoms with E-state index in [1.165, 1.54) is 0 Å². The zero-order valence-electron chi connectivity index (χ0n) is 8.80. The molecule has 0 amide bonds. The van der Waals surface area contributed by atoms with Gasteiger partial charge in [0.25, 0.3) is 0 Å². The molecule has 2 heterocycles. The van der Waals surface area contributed by atoms with Crippen LogP contribution in [0.25, 0.3) is 0 Å². The summed E-state index contributed by atoms with van der Waals surface area (Å²) in [6, 6.07) is 4.01. The first-order chi connectivity index (χ1) is 6.68. The number of ether oxygens (including phenoxy) is 1. The van der Waals surface area contributed by atoms with Gasteiger partial charge >= 0.3 is 0 Å². The van der Waals surface area contributed by atoms with Crippen molar-refractivity contribution in [1.29, 1.82) is 0 Å². The summed E-state index contributed by atoms with van der Waals surface area (Å²) in [5.74, 6) is 1.96. The summed E-state index contributed by atoms with van der Waals surface area (Å²) >= 11 is 0. The molecule has 78 valence electrons. The van der Waals surface area contributed by atoms with E-state index in [1.54, 1.807) is 0 Å². The standard InChI is InChI=1S/C11H17NO2/c1-9-3-4-10(14-9)7-12-11(2)5-6-13-8-11/h3-4,12H,5-8H2,1-2H3. The number of hydrogen-bond donors (Lipinski definition) is 1. The molecule has 0 bridgehead atoms. The van der Waals surface area contributed by atoms with Gasteiger partial charge in [-0.1, -0.05) is 0 Å². The number of nitrogens with one attached hydrogen (secondary N) is 1. The van der Waals surface area contributed by atoms with Gasteiger partial charge in [0.1, 0.15) is 11.5 Å². The molecule has 0 radical (unpaired) electrons. The Balaban J connectivity index is 1.87. The Bertz CT molecular complexity index is 300. The molecule has 1 aliphatic heterocycles. The van der Waals surface area contributed by atoms with E-state index in [-0.39, 0.29) is 5.54 Å². The molecule has 14 heavy (non-hydrogen) atoms. The fourth-order valence-corrected chi connectivity index (χ4v) is 1.69. The molecular weight excluding hydrogens is 178 g/mol. The fraction of sp³-hybridized carbons (Fsp3) is 0.636. The van der Waals surface area contributed by atoms with Crippen LogP contribution in [-0.2, 0) is 11.3 Å². The molecular formula is C11H17NO2. The average molecular weight is 195 g/mol. The lowest BCUT2D eigenvalue weighted by Crippen LogP contribution is -2.42. The van der Waals surface area contributed by atoms with Gasteiger partial charge in [-0.05, 0) is 32.4 Å². The number of hydrogen-bond acceptors (Lipinski definition) is 3. The van der Waals surface area contributed by atoms with Crippen LogP contribution in [0.3, 0.4) is 0 Å². The van der Waals surface area contributed by atoms with Crippen molar-refractivity contribution < 1.29 is 9.15 Å². The van der Waals surface area contributed by atoms with Crippen LogP contribution in [0, 0.1) is 6.92 Å². The maximum Gasteiger partial charge on any atom is 0.117 e. The molecule has 0 spiro atoms. The smallest absolute Gasteiger partial charge is 0.117 e. The van der Waals surface area contributed by atoms with Crippen molar-refractivity contribution in [2.24, 2.45) is 0 Å². The van der Waals surface area contributed by atoms with Crippen LogP contribution >= 0.6 is 0 Å². The highest BCUT2D eigenvalue weighted by molar-refractivity contribution is 5.06. The lowest BCUT2D eigenvalue weighted by molar-refractivity contribution is 0.170. The normalized spacial score (nSPS) is 27.0. The van der Waals surface area contributed by atoms with E-state index in [9.17, 15) is 0 Å². The van der Waals surface area contributed by atoms with Crippen LogP contribution in [0.5, 0.6) is 0 Å². The summed E-state index contributed by atoms with van der Waals surface area (Å²) in [6.45, 7) is 6.60. The predicted octanol–water partition coefficient (Wildman–Crippen LogP) is 1.86. The Morgan fingerprint density at radius 1 is 1.50 bits per heavy atom. The highest BCUT2D eigenvalue weighted by Crippen LogP contribution is 2.18. The molecule has 1 aromatic heterocycles. The third-order valence-electron chi connectivity index (χ3n) is 2.70. The molecule has 1 N–H and O–H groups in total. The maximum atomic E-state index is 5.48. The van der Waals surface area contributed by atoms with Crippen molar-refractivity contribution >= 4 is 0 Å². The van der Waals surface area contributed by atoms with Crippen LogP contribution in [-0.4, -0.2) is 18.8 Å². The first-order valence-corrected chi connectivity index (χ1v) is 5.06. The van der Waals surface area contributed by atoms with Gasteiger partial charge in [0.2, 0.25) is 0 Å². The van der Waals surface area contributed by atoms with Crippen molar-refractivity contribution in [2.75, 3.05) is 13.2 Å². The average Bonchev–Trinajstić information content (AvgIpc) is 2.73. The first kappa shape index (κ1) is 9.74. The van der Waals surface area contributed by atoms with Crippen LogP contribution in [0.1, 0.15) is 24.9 Å². The van der Waals surface area contributed by atoms with Gasteiger partial charge in [0.05, 0.1) is 13.2 Å². The summed E-state index contributed by atoms with van der Waals surface area (Å²) < 4.78 is 10.8. The second-order valence-corrected chi connectivity index (χ2v) is 4.23. The zero-order chi connectivity index (χ0) is 10.0. The highest BCUT2D eigenvalue weighted by Gasteiger charge is 2.28. The van der Waals surface area contributed by atoms with Crippen LogP contribution < -0.4 is 5.32 Å². The molecule has 3 heteroatoms. The summed E-state index contributed by atoms with van der Waals surface area (Å²) in [5, 5.41) is 3.47. The van der Waals surface area contributed by atoms with E-state index in [2.05, 4.69) is 12.2 Å². The zero-order valence-corrected chi connectivity index (χ0v) is 8.80. The third kappa shape index (κ3) is 2.16. The van der Waals surface area contributed by atoms with E-state index >= 15 is 0 Å². The van der Waals surface area contributed by atoms with Crippen molar-refractivity contribution in [2.45, 2.75) is 32.4 Å². The predicted molar refractivity (Wildman–Crippen MR) is 54.1 cm³/mol. The largest absolute Gasteiger partial charge is 0.465 e. The van der Waals surface area contributed by atoms with Gasteiger partial charge in [-0.25, -0.2) is 0 Å². The molecule has 2 rings (SSSR count). The Kier molecular flexibility index (Phi) is 2.61. The number of furan rings is 1. The van der Waals surface area contributed by atoms with Gasteiger partial charge in [0.15, 0.2) is 0 Å². The summed E-state index contributed by atoms with van der Waals surface area (Å²) in [6.07, 6.45) is 1.08. The van der Waals surface area contributed by atoms with E-state index in [1.807, 2.05) is 19.1 Å². The van der Waals surface area contributed by atoms with Crippen LogP contribution in [0.15, 0.2) is 16.5 Å². The Labute approximate surface area is 84.4 Å². The molecule has 1 aliphatic rings. The Morgan fingerprint density at radius 3 is 2.93 bits per heavy atom. The van der Waals surface area contributed by atoms with Gasteiger partial charge in [-0.2, -0.15) is 0 Å². The molecule has 1 saturated heterocycles. The fourth-order valence-electron chi connectivity index (χ4n) is 1.69. The quantitative estimate of drug-likeness (QED) is 0.799. The molecule has 1 unspecified atom stereocenters. The third-order valence-corrected chi connectivity index (χ3v) is 2.70. The second-order valence-electron chi connectivity index (χ2n) is 4.23. The number of rotatable bonds is 3. The van der Waals surface area contributed by atoms with Crippen LogP contribution in [0.2, 0.25) is 0 Å².